The van der Waals surface area contributed by atoms with Gasteiger partial charge >= 0.3 is 6.03 Å². The number of aromatic nitrogens is 2. The van der Waals surface area contributed by atoms with E-state index in [2.05, 4.69) is 20.9 Å². The lowest BCUT2D eigenvalue weighted by Gasteiger charge is -2.09. The average molecular weight is 350 g/mol. The fourth-order valence-electron chi connectivity index (χ4n) is 1.98. The molecular weight excluding hydrogens is 330 g/mol. The molecule has 3 amide bonds. The molecule has 7 nitrogen and oxygen atoms in total. The molecule has 0 aliphatic carbocycles. The van der Waals surface area contributed by atoms with Crippen LogP contribution in [-0.2, 0) is 17.9 Å². The second kappa shape index (κ2) is 9.57. The molecule has 0 spiro atoms. The minimum absolute atomic E-state index is 0.0580. The van der Waals surface area contributed by atoms with Gasteiger partial charge in [-0.05, 0) is 24.1 Å². The number of hydrogen-bond acceptors (Lipinski definition) is 3. The molecule has 8 heteroatoms. The molecule has 0 saturated heterocycles. The molecule has 1 heterocycles. The molecule has 0 aliphatic rings. The number of carbonyl (C=O) groups is 2. The Morgan fingerprint density at radius 1 is 1.12 bits per heavy atom. The topological polar surface area (TPSA) is 88.0 Å². The van der Waals surface area contributed by atoms with Gasteiger partial charge in [-0.2, -0.15) is 0 Å². The normalized spacial score (nSPS) is 10.2. The molecular formula is C16H20ClN5O2. The van der Waals surface area contributed by atoms with Crippen LogP contribution >= 0.6 is 11.6 Å². The first kappa shape index (κ1) is 17.8. The van der Waals surface area contributed by atoms with Crippen molar-refractivity contribution in [1.82, 2.24) is 25.5 Å². The van der Waals surface area contributed by atoms with Crippen molar-refractivity contribution in [2.75, 3.05) is 13.1 Å². The first-order valence-electron chi connectivity index (χ1n) is 7.62. The van der Waals surface area contributed by atoms with Crippen molar-refractivity contribution < 1.29 is 9.59 Å². The van der Waals surface area contributed by atoms with Crippen molar-refractivity contribution in [3.63, 3.8) is 0 Å². The second-order valence-corrected chi connectivity index (χ2v) is 5.60. The Kier molecular flexibility index (Phi) is 7.10. The van der Waals surface area contributed by atoms with E-state index < -0.39 is 6.03 Å². The zero-order valence-electron chi connectivity index (χ0n) is 13.2. The molecule has 0 fully saturated rings. The monoisotopic (exact) mass is 349 g/mol. The molecule has 1 aromatic carbocycles. The molecule has 0 radical (unpaired) electrons. The Balaban J connectivity index is 1.54. The molecule has 0 bridgehead atoms. The van der Waals surface area contributed by atoms with Gasteiger partial charge in [-0.25, -0.2) is 9.78 Å². The van der Waals surface area contributed by atoms with E-state index in [1.807, 2.05) is 22.9 Å². The first-order chi connectivity index (χ1) is 11.6. The Hall–Kier alpha value is -2.54. The van der Waals surface area contributed by atoms with Crippen molar-refractivity contribution in [1.29, 1.82) is 0 Å². The van der Waals surface area contributed by atoms with E-state index in [4.69, 9.17) is 11.6 Å². The summed E-state index contributed by atoms with van der Waals surface area (Å²) in [5.74, 6) is -0.220. The van der Waals surface area contributed by atoms with Gasteiger partial charge in [0.25, 0.3) is 0 Å². The van der Waals surface area contributed by atoms with E-state index in [-0.39, 0.29) is 12.5 Å². The van der Waals surface area contributed by atoms with Crippen molar-refractivity contribution in [2.45, 2.75) is 19.5 Å². The fraction of sp³-hybridized carbons (Fsp3) is 0.312. The van der Waals surface area contributed by atoms with Gasteiger partial charge in [0.2, 0.25) is 5.91 Å². The molecule has 0 aliphatic heterocycles. The van der Waals surface area contributed by atoms with Gasteiger partial charge in [0.05, 0.1) is 12.9 Å². The van der Waals surface area contributed by atoms with E-state index in [9.17, 15) is 9.59 Å². The minimum Gasteiger partial charge on any atom is -0.355 e. The van der Waals surface area contributed by atoms with Crippen LogP contribution < -0.4 is 16.0 Å². The van der Waals surface area contributed by atoms with Gasteiger partial charge in [-0.1, -0.05) is 23.7 Å². The summed E-state index contributed by atoms with van der Waals surface area (Å²) < 4.78 is 1.94. The third-order valence-corrected chi connectivity index (χ3v) is 3.50. The van der Waals surface area contributed by atoms with Crippen LogP contribution in [0.1, 0.15) is 12.0 Å². The summed E-state index contributed by atoms with van der Waals surface area (Å²) in [5.41, 5.74) is 0.929. The Bertz CT molecular complexity index is 643. The van der Waals surface area contributed by atoms with Crippen LogP contribution in [0.4, 0.5) is 4.79 Å². The van der Waals surface area contributed by atoms with E-state index >= 15 is 0 Å². The Morgan fingerprint density at radius 2 is 1.92 bits per heavy atom. The van der Waals surface area contributed by atoms with Gasteiger partial charge in [-0.3, -0.25) is 4.79 Å². The summed E-state index contributed by atoms with van der Waals surface area (Å²) in [7, 11) is 0. The first-order valence-corrected chi connectivity index (χ1v) is 8.00. The van der Waals surface area contributed by atoms with E-state index in [1.54, 1.807) is 24.7 Å². The maximum atomic E-state index is 11.6. The molecule has 2 aromatic rings. The number of benzene rings is 1. The van der Waals surface area contributed by atoms with Gasteiger partial charge in [0.1, 0.15) is 0 Å². The zero-order valence-corrected chi connectivity index (χ0v) is 13.9. The standard InChI is InChI=1S/C16H20ClN5O2/c17-14-4-2-13(3-5-14)10-20-16(24)21-11-15(23)19-6-1-8-22-9-7-18-12-22/h2-5,7,9,12H,1,6,8,10-11H2,(H,19,23)(H2,20,21,24). The average Bonchev–Trinajstić information content (AvgIpc) is 3.10. The van der Waals surface area contributed by atoms with Crippen LogP contribution in [0.2, 0.25) is 5.02 Å². The third kappa shape index (κ3) is 6.70. The van der Waals surface area contributed by atoms with Crippen LogP contribution in [0, 0.1) is 0 Å². The highest BCUT2D eigenvalue weighted by molar-refractivity contribution is 6.30. The molecule has 0 saturated carbocycles. The number of carbonyl (C=O) groups excluding carboxylic acids is 2. The number of hydrogen-bond donors (Lipinski definition) is 3. The lowest BCUT2D eigenvalue weighted by Crippen LogP contribution is -2.42. The second-order valence-electron chi connectivity index (χ2n) is 5.17. The largest absolute Gasteiger partial charge is 0.355 e. The maximum Gasteiger partial charge on any atom is 0.315 e. The van der Waals surface area contributed by atoms with Crippen LogP contribution in [0.3, 0.4) is 0 Å². The zero-order chi connectivity index (χ0) is 17.2. The molecule has 1 aromatic heterocycles. The van der Waals surface area contributed by atoms with E-state index in [0.717, 1.165) is 18.5 Å². The van der Waals surface area contributed by atoms with E-state index in [1.165, 1.54) is 0 Å². The number of amides is 3. The smallest absolute Gasteiger partial charge is 0.315 e. The van der Waals surface area contributed by atoms with Crippen LogP contribution in [0.25, 0.3) is 0 Å². The minimum atomic E-state index is -0.390. The number of rotatable bonds is 8. The summed E-state index contributed by atoms with van der Waals surface area (Å²) >= 11 is 5.79. The predicted octanol–water partition coefficient (Wildman–Crippen LogP) is 1.54. The van der Waals surface area contributed by atoms with Crippen molar-refractivity contribution in [2.24, 2.45) is 0 Å². The van der Waals surface area contributed by atoms with Gasteiger partial charge in [0.15, 0.2) is 0 Å². The van der Waals surface area contributed by atoms with Crippen molar-refractivity contribution in [3.8, 4) is 0 Å². The van der Waals surface area contributed by atoms with E-state index in [0.29, 0.717) is 18.1 Å². The molecule has 24 heavy (non-hydrogen) atoms. The van der Waals surface area contributed by atoms with Crippen LogP contribution in [0.15, 0.2) is 43.0 Å². The summed E-state index contributed by atoms with van der Waals surface area (Å²) in [5, 5.41) is 8.59. The molecule has 3 N–H and O–H groups in total. The van der Waals surface area contributed by atoms with Gasteiger partial charge < -0.3 is 20.5 Å². The number of nitrogens with one attached hydrogen (secondary N) is 3. The summed E-state index contributed by atoms with van der Waals surface area (Å²) in [6.07, 6.45) is 6.11. The fourth-order valence-corrected chi connectivity index (χ4v) is 2.10. The lowest BCUT2D eigenvalue weighted by atomic mass is 10.2. The summed E-state index contributed by atoms with van der Waals surface area (Å²) in [4.78, 5) is 27.2. The van der Waals surface area contributed by atoms with Gasteiger partial charge in [-0.15, -0.1) is 0 Å². The molecule has 128 valence electrons. The molecule has 2 rings (SSSR count). The quantitative estimate of drug-likeness (QED) is 0.632. The number of urea groups is 1. The van der Waals surface area contributed by atoms with Crippen molar-refractivity contribution >= 4 is 23.5 Å². The number of imidazole rings is 1. The Morgan fingerprint density at radius 3 is 2.62 bits per heavy atom. The number of halogens is 1. The number of aryl methyl sites for hydroxylation is 1. The highest BCUT2D eigenvalue weighted by Crippen LogP contribution is 2.08. The third-order valence-electron chi connectivity index (χ3n) is 3.25. The van der Waals surface area contributed by atoms with Gasteiger partial charge in [0, 0.05) is 37.1 Å². The molecule has 0 atom stereocenters. The lowest BCUT2D eigenvalue weighted by molar-refractivity contribution is -0.120. The Labute approximate surface area is 145 Å². The summed E-state index contributed by atoms with van der Waals surface area (Å²) in [6, 6.07) is 6.78. The van der Waals surface area contributed by atoms with Crippen LogP contribution in [-0.4, -0.2) is 34.6 Å². The van der Waals surface area contributed by atoms with Crippen LogP contribution in [0.5, 0.6) is 0 Å². The molecule has 0 unspecified atom stereocenters. The summed E-state index contributed by atoms with van der Waals surface area (Å²) in [6.45, 7) is 1.65. The predicted molar refractivity (Wildman–Crippen MR) is 91.5 cm³/mol. The highest BCUT2D eigenvalue weighted by Gasteiger charge is 2.04. The van der Waals surface area contributed by atoms with Crippen molar-refractivity contribution in [3.05, 3.63) is 53.6 Å². The number of nitrogens with zero attached hydrogens (tertiary/aromatic N) is 2. The highest BCUT2D eigenvalue weighted by atomic mass is 35.5. The SMILES string of the molecule is O=C(CNC(=O)NCc1ccc(Cl)cc1)NCCCn1ccnc1. The maximum absolute atomic E-state index is 11.6.